The van der Waals surface area contributed by atoms with E-state index >= 15 is 0 Å². The Morgan fingerprint density at radius 3 is 2.31 bits per heavy atom. The number of benzene rings is 3. The third-order valence-corrected chi connectivity index (χ3v) is 6.94. The van der Waals surface area contributed by atoms with Gasteiger partial charge in [-0.15, -0.1) is 0 Å². The Morgan fingerprint density at radius 1 is 0.917 bits per heavy atom. The average Bonchev–Trinajstić information content (AvgIpc) is 3.06. The van der Waals surface area contributed by atoms with E-state index in [1.165, 1.54) is 10.5 Å². The molecule has 1 aliphatic heterocycles. The van der Waals surface area contributed by atoms with Crippen molar-refractivity contribution in [2.75, 3.05) is 0 Å². The van der Waals surface area contributed by atoms with Crippen LogP contribution in [0.2, 0.25) is 0 Å². The molecule has 0 radical (unpaired) electrons. The van der Waals surface area contributed by atoms with Crippen LogP contribution in [0, 0.1) is 20.8 Å². The molecule has 36 heavy (non-hydrogen) atoms. The van der Waals surface area contributed by atoms with Gasteiger partial charge in [-0.2, -0.15) is 13.2 Å². The number of rotatable bonds is 5. The summed E-state index contributed by atoms with van der Waals surface area (Å²) in [4.78, 5) is 14.5. The topological polar surface area (TPSA) is 29.5 Å². The molecule has 4 rings (SSSR count). The van der Waals surface area contributed by atoms with E-state index in [-0.39, 0.29) is 12.6 Å². The molecule has 3 nitrogen and oxygen atoms in total. The van der Waals surface area contributed by atoms with Crippen LogP contribution in [0.5, 0.6) is 0 Å². The zero-order valence-corrected chi connectivity index (χ0v) is 21.5. The van der Waals surface area contributed by atoms with E-state index in [1.807, 2.05) is 26.0 Å². The molecular weight excluding hydrogens is 463 g/mol. The second-order valence-corrected chi connectivity index (χ2v) is 10.2. The first kappa shape index (κ1) is 25.8. The first-order valence-electron chi connectivity index (χ1n) is 12.2. The molecule has 1 fully saturated rings. The standard InChI is InChI=1S/C30H32F3NO2/c1-17(2)23-9-8-20(5)26(15-23)25-10-7-18(3)13-27(25)28-21(6)34(29(35)36-28)16-22-11-19(4)12-24(14-22)30(31,32)33/h7-15,17,21,28H,16H2,1-6H3/t21-,28?/m0/s1. The molecule has 0 aliphatic carbocycles. The maximum atomic E-state index is 13.3. The van der Waals surface area contributed by atoms with E-state index in [1.54, 1.807) is 13.0 Å². The predicted molar refractivity (Wildman–Crippen MR) is 136 cm³/mol. The van der Waals surface area contributed by atoms with Gasteiger partial charge in [-0.1, -0.05) is 67.4 Å². The van der Waals surface area contributed by atoms with Gasteiger partial charge in [0.15, 0.2) is 0 Å². The van der Waals surface area contributed by atoms with Crippen molar-refractivity contribution in [2.45, 2.75) is 72.3 Å². The number of carbonyl (C=O) groups is 1. The number of aryl methyl sites for hydroxylation is 3. The summed E-state index contributed by atoms with van der Waals surface area (Å²) in [6, 6.07) is 16.1. The highest BCUT2D eigenvalue weighted by Gasteiger charge is 2.41. The van der Waals surface area contributed by atoms with Crippen LogP contribution < -0.4 is 0 Å². The van der Waals surface area contributed by atoms with Gasteiger partial charge < -0.3 is 4.74 Å². The Morgan fingerprint density at radius 2 is 1.64 bits per heavy atom. The smallest absolute Gasteiger partial charge is 0.416 e. The molecule has 2 atom stereocenters. The molecular formula is C30H32F3NO2. The third kappa shape index (κ3) is 5.13. The van der Waals surface area contributed by atoms with Crippen molar-refractivity contribution in [1.82, 2.24) is 4.90 Å². The highest BCUT2D eigenvalue weighted by Crippen LogP contribution is 2.41. The molecule has 0 N–H and O–H groups in total. The molecule has 0 saturated carbocycles. The molecule has 1 unspecified atom stereocenters. The lowest BCUT2D eigenvalue weighted by Gasteiger charge is -2.24. The molecule has 1 saturated heterocycles. The number of nitrogens with zero attached hydrogens (tertiary/aromatic N) is 1. The second-order valence-electron chi connectivity index (χ2n) is 10.2. The van der Waals surface area contributed by atoms with Crippen LogP contribution >= 0.6 is 0 Å². The van der Waals surface area contributed by atoms with Gasteiger partial charge in [-0.25, -0.2) is 4.79 Å². The number of hydrogen-bond donors (Lipinski definition) is 0. The molecule has 190 valence electrons. The minimum Gasteiger partial charge on any atom is -0.439 e. The number of cyclic esters (lactones) is 1. The van der Waals surface area contributed by atoms with Crippen LogP contribution in [0.1, 0.15) is 71.7 Å². The lowest BCUT2D eigenvalue weighted by Crippen LogP contribution is -2.31. The highest BCUT2D eigenvalue weighted by molar-refractivity contribution is 5.75. The lowest BCUT2D eigenvalue weighted by atomic mass is 9.88. The van der Waals surface area contributed by atoms with Crippen molar-refractivity contribution in [3.8, 4) is 11.1 Å². The van der Waals surface area contributed by atoms with E-state index in [9.17, 15) is 18.0 Å². The zero-order chi connectivity index (χ0) is 26.4. The summed E-state index contributed by atoms with van der Waals surface area (Å²) >= 11 is 0. The predicted octanol–water partition coefficient (Wildman–Crippen LogP) is 8.50. The van der Waals surface area contributed by atoms with Gasteiger partial charge in [0, 0.05) is 12.1 Å². The fourth-order valence-corrected chi connectivity index (χ4v) is 4.90. The van der Waals surface area contributed by atoms with E-state index in [4.69, 9.17) is 4.74 Å². The first-order chi connectivity index (χ1) is 16.8. The normalized spacial score (nSPS) is 18.2. The number of alkyl halides is 3. The van der Waals surface area contributed by atoms with Crippen LogP contribution in [0.4, 0.5) is 18.0 Å². The highest BCUT2D eigenvalue weighted by atomic mass is 19.4. The van der Waals surface area contributed by atoms with Gasteiger partial charge in [-0.05, 0) is 73.6 Å². The zero-order valence-electron chi connectivity index (χ0n) is 21.5. The van der Waals surface area contributed by atoms with Crippen LogP contribution in [0.15, 0.2) is 54.6 Å². The number of carbonyl (C=O) groups excluding carboxylic acids is 1. The Kier molecular flexibility index (Phi) is 6.91. The molecule has 1 aliphatic rings. The number of ether oxygens (including phenoxy) is 1. The van der Waals surface area contributed by atoms with Gasteiger partial charge in [0.1, 0.15) is 6.10 Å². The largest absolute Gasteiger partial charge is 0.439 e. The van der Waals surface area contributed by atoms with Crippen LogP contribution in [-0.2, 0) is 17.5 Å². The van der Waals surface area contributed by atoms with E-state index in [2.05, 4.69) is 45.0 Å². The molecule has 0 bridgehead atoms. The van der Waals surface area contributed by atoms with Crippen LogP contribution in [-0.4, -0.2) is 17.0 Å². The minimum absolute atomic E-state index is 0.0459. The summed E-state index contributed by atoms with van der Waals surface area (Å²) in [5.74, 6) is 0.368. The number of amides is 1. The van der Waals surface area contributed by atoms with E-state index < -0.39 is 23.9 Å². The van der Waals surface area contributed by atoms with Crippen molar-refractivity contribution in [3.05, 3.63) is 93.5 Å². The van der Waals surface area contributed by atoms with Crippen molar-refractivity contribution < 1.29 is 22.7 Å². The third-order valence-electron chi connectivity index (χ3n) is 6.94. The summed E-state index contributed by atoms with van der Waals surface area (Å²) in [7, 11) is 0. The summed E-state index contributed by atoms with van der Waals surface area (Å²) in [5, 5.41) is 0. The molecule has 1 amide bonds. The Labute approximate surface area is 210 Å². The number of hydrogen-bond acceptors (Lipinski definition) is 2. The summed E-state index contributed by atoms with van der Waals surface area (Å²) in [5.41, 5.74) is 6.60. The van der Waals surface area contributed by atoms with Crippen molar-refractivity contribution in [1.29, 1.82) is 0 Å². The van der Waals surface area contributed by atoms with Crippen molar-refractivity contribution >= 4 is 6.09 Å². The van der Waals surface area contributed by atoms with Gasteiger partial charge >= 0.3 is 12.3 Å². The quantitative estimate of drug-likeness (QED) is 0.355. The minimum atomic E-state index is -4.45. The average molecular weight is 496 g/mol. The number of halogens is 3. The molecule has 0 spiro atoms. The van der Waals surface area contributed by atoms with Gasteiger partial charge in [0.25, 0.3) is 0 Å². The van der Waals surface area contributed by atoms with Crippen molar-refractivity contribution in [3.63, 3.8) is 0 Å². The second kappa shape index (κ2) is 9.64. The summed E-state index contributed by atoms with van der Waals surface area (Å²) in [6.07, 6.45) is -5.51. The molecule has 3 aromatic carbocycles. The lowest BCUT2D eigenvalue weighted by molar-refractivity contribution is -0.137. The van der Waals surface area contributed by atoms with Gasteiger partial charge in [0.2, 0.25) is 0 Å². The van der Waals surface area contributed by atoms with E-state index in [0.717, 1.165) is 39.9 Å². The molecule has 3 aromatic rings. The first-order valence-corrected chi connectivity index (χ1v) is 12.2. The van der Waals surface area contributed by atoms with Crippen LogP contribution in [0.3, 0.4) is 0 Å². The summed E-state index contributed by atoms with van der Waals surface area (Å²) in [6.45, 7) is 11.9. The van der Waals surface area contributed by atoms with Gasteiger partial charge in [0.05, 0.1) is 11.6 Å². The fourth-order valence-electron chi connectivity index (χ4n) is 4.90. The Bertz CT molecular complexity index is 1300. The Hall–Kier alpha value is -3.28. The van der Waals surface area contributed by atoms with Gasteiger partial charge in [-0.3, -0.25) is 4.90 Å². The van der Waals surface area contributed by atoms with Crippen LogP contribution in [0.25, 0.3) is 11.1 Å². The van der Waals surface area contributed by atoms with Crippen molar-refractivity contribution in [2.24, 2.45) is 0 Å². The SMILES string of the molecule is Cc1cc(CN2C(=O)OC(c3cc(C)ccc3-c3cc(C(C)C)ccc3C)[C@@H]2C)cc(C(F)(F)F)c1. The van der Waals surface area contributed by atoms with E-state index in [0.29, 0.717) is 17.0 Å². The molecule has 1 heterocycles. The monoisotopic (exact) mass is 495 g/mol. The Balaban J connectivity index is 1.71. The maximum Gasteiger partial charge on any atom is 0.416 e. The molecule has 6 heteroatoms. The summed E-state index contributed by atoms with van der Waals surface area (Å²) < 4.78 is 45.9. The maximum absolute atomic E-state index is 13.3. The fraction of sp³-hybridized carbons (Fsp3) is 0.367. The molecule has 0 aromatic heterocycles.